The highest BCUT2D eigenvalue weighted by Crippen LogP contribution is 2.15. The standard InChI is InChI=1S/C27H55N/c1-4-5-6-7-8-9-10-11-12-13-14-15-16-17-18-19-20-21-22-23-24-25-26-27-28(2)3/h25-26H,4-24,27H2,1-3H3. The molecule has 1 heteroatoms. The summed E-state index contributed by atoms with van der Waals surface area (Å²) in [4.78, 5) is 2.22. The molecule has 0 saturated heterocycles. The van der Waals surface area contributed by atoms with Crippen LogP contribution in [0.2, 0.25) is 0 Å². The van der Waals surface area contributed by atoms with Crippen LogP contribution in [0, 0.1) is 0 Å². The van der Waals surface area contributed by atoms with Crippen molar-refractivity contribution < 1.29 is 0 Å². The number of hydrogen-bond acceptors (Lipinski definition) is 1. The molecule has 1 nitrogen and oxygen atoms in total. The van der Waals surface area contributed by atoms with E-state index >= 15 is 0 Å². The molecule has 0 spiro atoms. The highest BCUT2D eigenvalue weighted by molar-refractivity contribution is 4.83. The molecule has 0 radical (unpaired) electrons. The zero-order valence-corrected chi connectivity index (χ0v) is 20.2. The van der Waals surface area contributed by atoms with E-state index in [2.05, 4.69) is 38.1 Å². The van der Waals surface area contributed by atoms with Crippen LogP contribution in [0.4, 0.5) is 0 Å². The van der Waals surface area contributed by atoms with Crippen LogP contribution in [-0.2, 0) is 0 Å². The normalized spacial score (nSPS) is 11.9. The highest BCUT2D eigenvalue weighted by atomic mass is 15.0. The highest BCUT2D eigenvalue weighted by Gasteiger charge is 1.95. The van der Waals surface area contributed by atoms with Gasteiger partial charge in [0, 0.05) is 6.54 Å². The first kappa shape index (κ1) is 27.7. The van der Waals surface area contributed by atoms with Crippen LogP contribution in [0.1, 0.15) is 142 Å². The molecular formula is C27H55N. The van der Waals surface area contributed by atoms with Crippen molar-refractivity contribution in [1.82, 2.24) is 4.90 Å². The van der Waals surface area contributed by atoms with Gasteiger partial charge in [-0.2, -0.15) is 0 Å². The second kappa shape index (κ2) is 24.7. The van der Waals surface area contributed by atoms with E-state index in [1.54, 1.807) is 0 Å². The van der Waals surface area contributed by atoms with Crippen molar-refractivity contribution in [3.8, 4) is 0 Å². The van der Waals surface area contributed by atoms with E-state index in [-0.39, 0.29) is 0 Å². The first-order chi connectivity index (χ1) is 13.8. The van der Waals surface area contributed by atoms with E-state index in [9.17, 15) is 0 Å². The molecule has 0 aliphatic rings. The summed E-state index contributed by atoms with van der Waals surface area (Å²) in [6.07, 6.45) is 35.1. The van der Waals surface area contributed by atoms with E-state index in [1.807, 2.05) is 0 Å². The number of allylic oxidation sites excluding steroid dienone is 1. The number of nitrogens with zero attached hydrogens (tertiary/aromatic N) is 1. The van der Waals surface area contributed by atoms with Gasteiger partial charge in [-0.3, -0.25) is 0 Å². The predicted molar refractivity (Wildman–Crippen MR) is 130 cm³/mol. The number of hydrogen-bond donors (Lipinski definition) is 0. The third-order valence-corrected chi connectivity index (χ3v) is 5.86. The molecule has 0 aliphatic heterocycles. The molecule has 0 aromatic carbocycles. The minimum atomic E-state index is 1.08. The van der Waals surface area contributed by atoms with E-state index in [0.717, 1.165) is 6.54 Å². The summed E-state index contributed by atoms with van der Waals surface area (Å²) in [6.45, 7) is 3.38. The number of unbranched alkanes of at least 4 members (excludes halogenated alkanes) is 20. The molecule has 0 rings (SSSR count). The summed E-state index contributed by atoms with van der Waals surface area (Å²) in [5.41, 5.74) is 0. The van der Waals surface area contributed by atoms with Crippen LogP contribution in [0.25, 0.3) is 0 Å². The lowest BCUT2D eigenvalue weighted by Gasteiger charge is -2.04. The molecule has 0 unspecified atom stereocenters. The summed E-state index contributed by atoms with van der Waals surface area (Å²) in [7, 11) is 4.25. The van der Waals surface area contributed by atoms with E-state index < -0.39 is 0 Å². The molecule has 0 aromatic rings. The molecule has 0 N–H and O–H groups in total. The minimum absolute atomic E-state index is 1.08. The van der Waals surface area contributed by atoms with Crippen LogP contribution in [0.15, 0.2) is 12.2 Å². The molecule has 0 amide bonds. The van der Waals surface area contributed by atoms with Gasteiger partial charge in [-0.05, 0) is 26.9 Å². The summed E-state index contributed by atoms with van der Waals surface area (Å²) < 4.78 is 0. The lowest BCUT2D eigenvalue weighted by atomic mass is 10.0. The molecular weight excluding hydrogens is 338 g/mol. The van der Waals surface area contributed by atoms with Gasteiger partial charge in [0.25, 0.3) is 0 Å². The topological polar surface area (TPSA) is 3.24 Å². The largest absolute Gasteiger partial charge is 0.306 e. The van der Waals surface area contributed by atoms with Gasteiger partial charge in [-0.1, -0.05) is 141 Å². The molecule has 0 heterocycles. The number of rotatable bonds is 23. The number of likely N-dealkylation sites (N-methyl/N-ethyl adjacent to an activating group) is 1. The molecule has 0 aliphatic carbocycles. The second-order valence-electron chi connectivity index (χ2n) is 9.24. The Morgan fingerprint density at radius 3 is 1.07 bits per heavy atom. The maximum atomic E-state index is 2.36. The lowest BCUT2D eigenvalue weighted by molar-refractivity contribution is 0.456. The van der Waals surface area contributed by atoms with Gasteiger partial charge in [-0.15, -0.1) is 0 Å². The first-order valence-electron chi connectivity index (χ1n) is 13.1. The van der Waals surface area contributed by atoms with Crippen molar-refractivity contribution in [1.29, 1.82) is 0 Å². The van der Waals surface area contributed by atoms with E-state index in [1.165, 1.54) is 135 Å². The van der Waals surface area contributed by atoms with Crippen LogP contribution in [-0.4, -0.2) is 25.5 Å². The molecule has 28 heavy (non-hydrogen) atoms. The van der Waals surface area contributed by atoms with Crippen molar-refractivity contribution >= 4 is 0 Å². The van der Waals surface area contributed by atoms with Crippen molar-refractivity contribution in [3.05, 3.63) is 12.2 Å². The summed E-state index contributed by atoms with van der Waals surface area (Å²) in [5, 5.41) is 0. The van der Waals surface area contributed by atoms with Gasteiger partial charge in [0.05, 0.1) is 0 Å². The average molecular weight is 394 g/mol. The van der Waals surface area contributed by atoms with Crippen molar-refractivity contribution in [3.63, 3.8) is 0 Å². The minimum Gasteiger partial charge on any atom is -0.306 e. The Morgan fingerprint density at radius 2 is 0.750 bits per heavy atom. The van der Waals surface area contributed by atoms with Gasteiger partial charge in [0.2, 0.25) is 0 Å². The zero-order valence-electron chi connectivity index (χ0n) is 20.2. The van der Waals surface area contributed by atoms with Crippen molar-refractivity contribution in [2.75, 3.05) is 20.6 Å². The lowest BCUT2D eigenvalue weighted by Crippen LogP contribution is -2.10. The van der Waals surface area contributed by atoms with Crippen LogP contribution < -0.4 is 0 Å². The molecule has 168 valence electrons. The third kappa shape index (κ3) is 25.7. The summed E-state index contributed by atoms with van der Waals surface area (Å²) >= 11 is 0. The van der Waals surface area contributed by atoms with Gasteiger partial charge in [-0.25, -0.2) is 0 Å². The zero-order chi connectivity index (χ0) is 20.5. The average Bonchev–Trinajstić information content (AvgIpc) is 2.68. The molecule has 0 fully saturated rings. The van der Waals surface area contributed by atoms with Crippen molar-refractivity contribution in [2.24, 2.45) is 0 Å². The maximum absolute atomic E-state index is 2.36. The fraction of sp³-hybridized carbons (Fsp3) is 0.926. The smallest absolute Gasteiger partial charge is 0.0157 e. The first-order valence-corrected chi connectivity index (χ1v) is 13.1. The molecule has 0 atom stereocenters. The van der Waals surface area contributed by atoms with Crippen molar-refractivity contribution in [2.45, 2.75) is 142 Å². The van der Waals surface area contributed by atoms with E-state index in [4.69, 9.17) is 0 Å². The van der Waals surface area contributed by atoms with Crippen LogP contribution in [0.3, 0.4) is 0 Å². The third-order valence-electron chi connectivity index (χ3n) is 5.86. The van der Waals surface area contributed by atoms with E-state index in [0.29, 0.717) is 0 Å². The molecule has 0 aromatic heterocycles. The van der Waals surface area contributed by atoms with Crippen LogP contribution in [0.5, 0.6) is 0 Å². The maximum Gasteiger partial charge on any atom is 0.0157 e. The Morgan fingerprint density at radius 1 is 0.429 bits per heavy atom. The van der Waals surface area contributed by atoms with Gasteiger partial charge < -0.3 is 4.90 Å². The monoisotopic (exact) mass is 393 g/mol. The quantitative estimate of drug-likeness (QED) is 0.123. The Labute approximate surface area is 179 Å². The Balaban J connectivity index is 3.02. The molecule has 0 bridgehead atoms. The predicted octanol–water partition coefficient (Wildman–Crippen LogP) is 9.32. The SMILES string of the molecule is CCCCCCCCCCCCCCCCCCCCCCC=CCN(C)C. The fourth-order valence-electron chi connectivity index (χ4n) is 3.92. The Kier molecular flexibility index (Phi) is 24.5. The molecule has 0 saturated carbocycles. The second-order valence-corrected chi connectivity index (χ2v) is 9.24. The fourth-order valence-corrected chi connectivity index (χ4v) is 3.92. The van der Waals surface area contributed by atoms with Gasteiger partial charge >= 0.3 is 0 Å². The summed E-state index contributed by atoms with van der Waals surface area (Å²) in [6, 6.07) is 0. The Hall–Kier alpha value is -0.300. The van der Waals surface area contributed by atoms with Gasteiger partial charge in [0.1, 0.15) is 0 Å². The van der Waals surface area contributed by atoms with Gasteiger partial charge in [0.15, 0.2) is 0 Å². The Bertz CT molecular complexity index is 295. The summed E-state index contributed by atoms with van der Waals surface area (Å²) in [5.74, 6) is 0. The van der Waals surface area contributed by atoms with Crippen LogP contribution >= 0.6 is 0 Å².